The van der Waals surface area contributed by atoms with Crippen LogP contribution in [0.25, 0.3) is 0 Å². The Kier molecular flexibility index (Phi) is 4.51. The third-order valence-corrected chi connectivity index (χ3v) is 6.77. The molecule has 0 bridgehead atoms. The van der Waals surface area contributed by atoms with E-state index in [0.29, 0.717) is 47.5 Å². The summed E-state index contributed by atoms with van der Waals surface area (Å²) in [5, 5.41) is 13.3. The average Bonchev–Trinajstić information content (AvgIpc) is 3.44. The maximum Gasteiger partial charge on any atom is 0.416 e. The van der Waals surface area contributed by atoms with Gasteiger partial charge in [0.2, 0.25) is 0 Å². The van der Waals surface area contributed by atoms with E-state index in [-0.39, 0.29) is 5.91 Å². The Morgan fingerprint density at radius 2 is 2.19 bits per heavy atom. The van der Waals surface area contributed by atoms with Gasteiger partial charge >= 0.3 is 6.18 Å². The number of carbonyl (C=O) groups excluding carboxylic acids is 1. The molecule has 3 aliphatic rings. The maximum atomic E-state index is 13.8. The van der Waals surface area contributed by atoms with Gasteiger partial charge in [0, 0.05) is 29.6 Å². The first-order valence-corrected chi connectivity index (χ1v) is 10.7. The number of carbonyl (C=O) groups is 1. The maximum absolute atomic E-state index is 13.8. The number of nitrogens with one attached hydrogen (secondary N) is 1. The number of hydrogen-bond donors (Lipinski definition) is 1. The molecule has 10 heteroatoms. The molecule has 1 aromatic carbocycles. The fourth-order valence-electron chi connectivity index (χ4n) is 4.79. The largest absolute Gasteiger partial charge is 0.416 e. The summed E-state index contributed by atoms with van der Waals surface area (Å²) in [4.78, 5) is 15.4. The molecule has 31 heavy (non-hydrogen) atoms. The van der Waals surface area contributed by atoms with E-state index < -0.39 is 23.3 Å². The smallest absolute Gasteiger partial charge is 0.362 e. The number of anilines is 1. The Labute approximate surface area is 180 Å². The van der Waals surface area contributed by atoms with Gasteiger partial charge in [-0.25, -0.2) is 0 Å². The molecule has 1 amide bonds. The van der Waals surface area contributed by atoms with Gasteiger partial charge in [-0.1, -0.05) is 25.1 Å². The van der Waals surface area contributed by atoms with Crippen molar-refractivity contribution in [3.8, 4) is 0 Å². The molecule has 1 unspecified atom stereocenters. The summed E-state index contributed by atoms with van der Waals surface area (Å²) in [5.74, 6) is -0.237. The summed E-state index contributed by atoms with van der Waals surface area (Å²) >= 11 is 1.24. The summed E-state index contributed by atoms with van der Waals surface area (Å²) in [6.07, 6.45) is -0.845. The molecule has 4 heterocycles. The van der Waals surface area contributed by atoms with Crippen LogP contribution in [0.3, 0.4) is 0 Å². The lowest BCUT2D eigenvalue weighted by molar-refractivity contribution is -0.137. The van der Waals surface area contributed by atoms with Gasteiger partial charge in [-0.3, -0.25) is 4.79 Å². The SMILES string of the molecule is CC[C@@]1(c2cccc(C(F)(F)F)c2)C2=CN=NC2NC2=C1C(=O)N(c1cnsc1)CC2. The average molecular weight is 445 g/mol. The molecule has 0 aliphatic carbocycles. The first kappa shape index (κ1) is 19.9. The topological polar surface area (TPSA) is 70.0 Å². The zero-order chi connectivity index (χ0) is 21.8. The standard InChI is InChI=1S/C21H18F3N5OS/c1-2-20(12-4-3-5-13(8-12)21(22,23)24)15-10-25-28-18(15)27-16-6-7-29(19(30)17(16)20)14-9-26-31-11-14/h3-5,8-11,18,27H,2,6-7H2,1H3/t18?,20-/m1/s1. The number of hydrogen-bond acceptors (Lipinski definition) is 6. The third-order valence-electron chi connectivity index (χ3n) is 6.19. The number of alkyl halides is 3. The van der Waals surface area contributed by atoms with E-state index in [0.717, 1.165) is 12.1 Å². The predicted octanol–water partition coefficient (Wildman–Crippen LogP) is 4.78. The zero-order valence-corrected chi connectivity index (χ0v) is 17.3. The fraction of sp³-hybridized carbons (Fsp3) is 0.333. The van der Waals surface area contributed by atoms with Gasteiger partial charge in [-0.2, -0.15) is 27.8 Å². The van der Waals surface area contributed by atoms with Crippen LogP contribution in [0.5, 0.6) is 0 Å². The molecule has 5 rings (SSSR count). The summed E-state index contributed by atoms with van der Waals surface area (Å²) in [6, 6.07) is 5.24. The van der Waals surface area contributed by atoms with Crippen LogP contribution in [0.2, 0.25) is 0 Å². The molecular formula is C21H18F3N5OS. The molecule has 1 N–H and O–H groups in total. The molecule has 0 saturated carbocycles. The van der Waals surface area contributed by atoms with E-state index in [1.165, 1.54) is 17.6 Å². The van der Waals surface area contributed by atoms with Gasteiger partial charge in [0.05, 0.1) is 34.6 Å². The lowest BCUT2D eigenvalue weighted by atomic mass is 9.62. The molecule has 0 spiro atoms. The predicted molar refractivity (Wildman–Crippen MR) is 109 cm³/mol. The number of aromatic nitrogens is 1. The van der Waals surface area contributed by atoms with Crippen molar-refractivity contribution in [1.82, 2.24) is 9.69 Å². The lowest BCUT2D eigenvalue weighted by Crippen LogP contribution is -2.54. The van der Waals surface area contributed by atoms with Crippen LogP contribution in [0.15, 0.2) is 69.1 Å². The van der Waals surface area contributed by atoms with E-state index in [1.54, 1.807) is 28.7 Å². The first-order chi connectivity index (χ1) is 14.9. The van der Waals surface area contributed by atoms with Crippen molar-refractivity contribution in [3.05, 3.63) is 70.0 Å². The van der Waals surface area contributed by atoms with Crippen molar-refractivity contribution in [3.63, 3.8) is 0 Å². The van der Waals surface area contributed by atoms with Gasteiger partial charge < -0.3 is 10.2 Å². The van der Waals surface area contributed by atoms with Crippen LogP contribution in [-0.4, -0.2) is 23.0 Å². The number of azo groups is 1. The van der Waals surface area contributed by atoms with Crippen molar-refractivity contribution in [1.29, 1.82) is 0 Å². The Hall–Kier alpha value is -3.01. The van der Waals surface area contributed by atoms with Crippen LogP contribution in [0.1, 0.15) is 30.9 Å². The first-order valence-electron chi connectivity index (χ1n) is 9.86. The number of halogens is 3. The van der Waals surface area contributed by atoms with Gasteiger partial charge in [0.1, 0.15) is 0 Å². The van der Waals surface area contributed by atoms with Crippen LogP contribution < -0.4 is 10.2 Å². The number of amides is 1. The minimum atomic E-state index is -4.49. The number of fused-ring (bicyclic) bond motifs is 1. The number of nitrogens with zero attached hydrogens (tertiary/aromatic N) is 4. The molecule has 2 aromatic rings. The summed E-state index contributed by atoms with van der Waals surface area (Å²) in [5.41, 5.74) is 1.16. The van der Waals surface area contributed by atoms with Gasteiger partial charge in [0.15, 0.2) is 6.17 Å². The Morgan fingerprint density at radius 1 is 1.35 bits per heavy atom. The molecule has 0 saturated heterocycles. The van der Waals surface area contributed by atoms with Crippen molar-refractivity contribution in [2.24, 2.45) is 10.2 Å². The van der Waals surface area contributed by atoms with Crippen molar-refractivity contribution in [2.45, 2.75) is 37.5 Å². The molecule has 160 valence electrons. The molecule has 0 fully saturated rings. The monoisotopic (exact) mass is 445 g/mol. The zero-order valence-electron chi connectivity index (χ0n) is 16.5. The molecule has 2 atom stereocenters. The normalized spacial score (nSPS) is 25.3. The number of rotatable bonds is 3. The fourth-order valence-corrected chi connectivity index (χ4v) is 5.32. The van der Waals surface area contributed by atoms with Crippen LogP contribution >= 0.6 is 11.5 Å². The highest BCUT2D eigenvalue weighted by molar-refractivity contribution is 7.04. The molecule has 0 radical (unpaired) electrons. The highest BCUT2D eigenvalue weighted by Gasteiger charge is 2.53. The van der Waals surface area contributed by atoms with E-state index in [2.05, 4.69) is 19.9 Å². The second-order valence-electron chi connectivity index (χ2n) is 7.64. The van der Waals surface area contributed by atoms with E-state index in [1.807, 2.05) is 6.92 Å². The second kappa shape index (κ2) is 7.01. The molecular weight excluding hydrogens is 427 g/mol. The minimum Gasteiger partial charge on any atom is -0.362 e. The Morgan fingerprint density at radius 3 is 2.90 bits per heavy atom. The highest BCUT2D eigenvalue weighted by atomic mass is 32.1. The van der Waals surface area contributed by atoms with Crippen molar-refractivity contribution >= 4 is 23.1 Å². The Balaban J connectivity index is 1.73. The van der Waals surface area contributed by atoms with E-state index in [4.69, 9.17) is 0 Å². The molecule has 1 aromatic heterocycles. The lowest BCUT2D eigenvalue weighted by Gasteiger charge is -2.47. The quantitative estimate of drug-likeness (QED) is 0.739. The van der Waals surface area contributed by atoms with Crippen molar-refractivity contribution in [2.75, 3.05) is 11.4 Å². The number of benzene rings is 1. The van der Waals surface area contributed by atoms with Crippen LogP contribution in [-0.2, 0) is 16.4 Å². The second-order valence-corrected chi connectivity index (χ2v) is 8.30. The summed E-state index contributed by atoms with van der Waals surface area (Å²) < 4.78 is 44.7. The van der Waals surface area contributed by atoms with Gasteiger partial charge in [-0.05, 0) is 29.6 Å². The van der Waals surface area contributed by atoms with E-state index >= 15 is 0 Å². The van der Waals surface area contributed by atoms with Crippen molar-refractivity contribution < 1.29 is 18.0 Å². The third kappa shape index (κ3) is 2.92. The molecule has 3 aliphatic heterocycles. The summed E-state index contributed by atoms with van der Waals surface area (Å²) in [6.45, 7) is 2.33. The molecule has 6 nitrogen and oxygen atoms in total. The van der Waals surface area contributed by atoms with Crippen LogP contribution in [0, 0.1) is 0 Å². The summed E-state index contributed by atoms with van der Waals surface area (Å²) in [7, 11) is 0. The minimum absolute atomic E-state index is 0.237. The van der Waals surface area contributed by atoms with Crippen LogP contribution in [0.4, 0.5) is 18.9 Å². The van der Waals surface area contributed by atoms with Gasteiger partial charge in [-0.15, -0.1) is 0 Å². The van der Waals surface area contributed by atoms with E-state index in [9.17, 15) is 18.0 Å². The van der Waals surface area contributed by atoms with Gasteiger partial charge in [0.25, 0.3) is 5.91 Å². The highest BCUT2D eigenvalue weighted by Crippen LogP contribution is 2.51. The Bertz CT molecular complexity index is 1140.